The molecule has 0 radical (unpaired) electrons. The van der Waals surface area contributed by atoms with E-state index >= 15 is 0 Å². The molecule has 0 aromatic carbocycles. The van der Waals surface area contributed by atoms with Gasteiger partial charge in [-0.15, -0.1) is 0 Å². The molecule has 2 saturated carbocycles. The topological polar surface area (TPSA) is 12.0 Å². The van der Waals surface area contributed by atoms with Crippen LogP contribution >= 0.6 is 11.8 Å². The van der Waals surface area contributed by atoms with Crippen LogP contribution in [0.1, 0.15) is 44.9 Å². The summed E-state index contributed by atoms with van der Waals surface area (Å²) in [7, 11) is 0. The third-order valence-corrected chi connectivity index (χ3v) is 6.01. The van der Waals surface area contributed by atoms with E-state index in [1.807, 2.05) is 0 Å². The highest BCUT2D eigenvalue weighted by atomic mass is 32.2. The van der Waals surface area contributed by atoms with Crippen LogP contribution in [0.15, 0.2) is 0 Å². The van der Waals surface area contributed by atoms with E-state index in [0.29, 0.717) is 11.3 Å². The molecule has 1 heterocycles. The Balaban J connectivity index is 1.71. The van der Waals surface area contributed by atoms with Gasteiger partial charge in [0.15, 0.2) is 0 Å². The van der Waals surface area contributed by atoms with Gasteiger partial charge in [0.25, 0.3) is 0 Å². The summed E-state index contributed by atoms with van der Waals surface area (Å²) >= 11 is 2.10. The Morgan fingerprint density at radius 2 is 1.73 bits per heavy atom. The molecule has 86 valence electrons. The second-order valence-corrected chi connectivity index (χ2v) is 6.73. The predicted molar refractivity (Wildman–Crippen MR) is 63.1 cm³/mol. The van der Waals surface area contributed by atoms with Crippen LogP contribution in [0.2, 0.25) is 0 Å². The summed E-state index contributed by atoms with van der Waals surface area (Å²) in [5.41, 5.74) is 0. The smallest absolute Gasteiger partial charge is 0.116 e. The lowest BCUT2D eigenvalue weighted by Gasteiger charge is -2.47. The highest BCUT2D eigenvalue weighted by molar-refractivity contribution is 8.00. The van der Waals surface area contributed by atoms with Crippen LogP contribution in [0.5, 0.6) is 0 Å². The summed E-state index contributed by atoms with van der Waals surface area (Å²) in [6, 6.07) is 0.782. The Morgan fingerprint density at radius 3 is 2.67 bits per heavy atom. The summed E-state index contributed by atoms with van der Waals surface area (Å²) in [6.45, 7) is 0. The minimum absolute atomic E-state index is 0.170. The molecule has 15 heavy (non-hydrogen) atoms. The van der Waals surface area contributed by atoms with Crippen LogP contribution in [0.3, 0.4) is 0 Å². The lowest BCUT2D eigenvalue weighted by atomic mass is 9.88. The number of hydrogen-bond donors (Lipinski definition) is 1. The van der Waals surface area contributed by atoms with E-state index in [1.54, 1.807) is 0 Å². The summed E-state index contributed by atoms with van der Waals surface area (Å²) in [4.78, 5) is 0. The first kappa shape index (κ1) is 10.4. The van der Waals surface area contributed by atoms with Crippen molar-refractivity contribution in [1.82, 2.24) is 5.32 Å². The van der Waals surface area contributed by atoms with E-state index < -0.39 is 6.17 Å². The van der Waals surface area contributed by atoms with E-state index in [0.717, 1.165) is 18.1 Å². The van der Waals surface area contributed by atoms with Gasteiger partial charge < -0.3 is 5.32 Å². The van der Waals surface area contributed by atoms with E-state index in [-0.39, 0.29) is 6.04 Å². The number of halogens is 1. The van der Waals surface area contributed by atoms with Crippen molar-refractivity contribution < 1.29 is 4.39 Å². The molecule has 3 fully saturated rings. The third kappa shape index (κ3) is 1.93. The Hall–Kier alpha value is 0.240. The van der Waals surface area contributed by atoms with Crippen molar-refractivity contribution in [2.45, 2.75) is 73.7 Å². The molecule has 1 N–H and O–H groups in total. The minimum Gasteiger partial charge on any atom is -0.306 e. The number of alkyl halides is 1. The summed E-state index contributed by atoms with van der Waals surface area (Å²) < 4.78 is 13.8. The zero-order valence-electron chi connectivity index (χ0n) is 9.12. The van der Waals surface area contributed by atoms with Crippen molar-refractivity contribution in [3.05, 3.63) is 0 Å². The van der Waals surface area contributed by atoms with Crippen molar-refractivity contribution in [3.63, 3.8) is 0 Å². The Bertz CT molecular complexity index is 236. The number of hydrogen-bond acceptors (Lipinski definition) is 2. The van der Waals surface area contributed by atoms with Gasteiger partial charge in [0.1, 0.15) is 6.17 Å². The van der Waals surface area contributed by atoms with Gasteiger partial charge in [-0.25, -0.2) is 4.39 Å². The largest absolute Gasteiger partial charge is 0.306 e. The highest BCUT2D eigenvalue weighted by Crippen LogP contribution is 2.42. The van der Waals surface area contributed by atoms with Crippen molar-refractivity contribution in [1.29, 1.82) is 0 Å². The Kier molecular flexibility index (Phi) is 2.94. The Labute approximate surface area is 95.6 Å². The monoisotopic (exact) mass is 229 g/mol. The minimum atomic E-state index is -0.584. The SMILES string of the molecule is FC1CCCC2SC3CCCCC3NC12. The Morgan fingerprint density at radius 1 is 0.933 bits per heavy atom. The van der Waals surface area contributed by atoms with E-state index in [2.05, 4.69) is 17.1 Å². The fourth-order valence-corrected chi connectivity index (χ4v) is 5.27. The molecule has 5 unspecified atom stereocenters. The molecule has 3 rings (SSSR count). The van der Waals surface area contributed by atoms with Gasteiger partial charge in [-0.05, 0) is 32.1 Å². The zero-order valence-corrected chi connectivity index (χ0v) is 9.94. The lowest BCUT2D eigenvalue weighted by Crippen LogP contribution is -2.59. The lowest BCUT2D eigenvalue weighted by molar-refractivity contribution is 0.166. The molecule has 1 saturated heterocycles. The zero-order chi connectivity index (χ0) is 10.3. The average molecular weight is 229 g/mol. The predicted octanol–water partition coefficient (Wildman–Crippen LogP) is 2.89. The third-order valence-electron chi connectivity index (χ3n) is 4.22. The fraction of sp³-hybridized carbons (Fsp3) is 1.00. The molecule has 0 bridgehead atoms. The van der Waals surface area contributed by atoms with Gasteiger partial charge in [-0.2, -0.15) is 11.8 Å². The van der Waals surface area contributed by atoms with Gasteiger partial charge in [-0.3, -0.25) is 0 Å². The molecule has 0 aromatic heterocycles. The molecule has 3 aliphatic rings. The second kappa shape index (κ2) is 4.25. The fourth-order valence-electron chi connectivity index (χ4n) is 3.39. The van der Waals surface area contributed by atoms with Gasteiger partial charge in [0.2, 0.25) is 0 Å². The van der Waals surface area contributed by atoms with Crippen LogP contribution in [-0.2, 0) is 0 Å². The quantitative estimate of drug-likeness (QED) is 0.685. The van der Waals surface area contributed by atoms with Crippen molar-refractivity contribution >= 4 is 11.8 Å². The van der Waals surface area contributed by atoms with Crippen molar-refractivity contribution in [2.24, 2.45) is 0 Å². The molecule has 1 nitrogen and oxygen atoms in total. The van der Waals surface area contributed by atoms with E-state index in [9.17, 15) is 4.39 Å². The molecular weight excluding hydrogens is 209 g/mol. The van der Waals surface area contributed by atoms with Gasteiger partial charge in [0, 0.05) is 16.5 Å². The van der Waals surface area contributed by atoms with Gasteiger partial charge in [-0.1, -0.05) is 12.8 Å². The first-order chi connectivity index (χ1) is 7.34. The number of fused-ring (bicyclic) bond motifs is 2. The number of thioether (sulfide) groups is 1. The first-order valence-corrected chi connectivity index (χ1v) is 7.34. The summed E-state index contributed by atoms with van der Waals surface area (Å²) in [5.74, 6) is 0. The molecule has 3 heteroatoms. The summed E-state index contributed by atoms with van der Waals surface area (Å²) in [6.07, 6.45) is 7.86. The van der Waals surface area contributed by atoms with Gasteiger partial charge in [0.05, 0.1) is 6.04 Å². The average Bonchev–Trinajstić information content (AvgIpc) is 2.27. The standard InChI is InChI=1S/C12H20FNS/c13-8-4-3-7-11-12(8)14-9-5-1-2-6-10(9)15-11/h8-12,14H,1-7H2. The normalized spacial score (nSPS) is 50.6. The first-order valence-electron chi connectivity index (χ1n) is 6.40. The van der Waals surface area contributed by atoms with Crippen LogP contribution < -0.4 is 5.32 Å². The van der Waals surface area contributed by atoms with Crippen LogP contribution in [0.4, 0.5) is 4.39 Å². The van der Waals surface area contributed by atoms with Crippen LogP contribution in [0, 0.1) is 0 Å². The molecule has 0 spiro atoms. The molecule has 0 aromatic rings. The number of nitrogens with one attached hydrogen (secondary N) is 1. The molecule has 5 atom stereocenters. The highest BCUT2D eigenvalue weighted by Gasteiger charge is 2.43. The number of rotatable bonds is 0. The maximum Gasteiger partial charge on any atom is 0.116 e. The second-order valence-electron chi connectivity index (χ2n) is 5.24. The van der Waals surface area contributed by atoms with Crippen LogP contribution in [-0.4, -0.2) is 28.8 Å². The summed E-state index contributed by atoms with van der Waals surface area (Å²) in [5, 5.41) is 4.96. The maximum absolute atomic E-state index is 13.8. The molecular formula is C12H20FNS. The maximum atomic E-state index is 13.8. The van der Waals surface area contributed by atoms with E-state index in [1.165, 1.54) is 32.1 Å². The molecule has 1 aliphatic heterocycles. The van der Waals surface area contributed by atoms with Crippen LogP contribution in [0.25, 0.3) is 0 Å². The van der Waals surface area contributed by atoms with Crippen molar-refractivity contribution in [2.75, 3.05) is 0 Å². The molecule has 0 amide bonds. The van der Waals surface area contributed by atoms with Crippen molar-refractivity contribution in [3.8, 4) is 0 Å². The van der Waals surface area contributed by atoms with Gasteiger partial charge >= 0.3 is 0 Å². The molecule has 2 aliphatic carbocycles. The van der Waals surface area contributed by atoms with E-state index in [4.69, 9.17) is 0 Å².